The number of aryl methyl sites for hydroxylation is 2. The highest BCUT2D eigenvalue weighted by molar-refractivity contribution is 5.93. The van der Waals surface area contributed by atoms with Crippen LogP contribution in [0.5, 0.6) is 17.2 Å². The topological polar surface area (TPSA) is 261 Å². The molecule has 17 heteroatoms. The van der Waals surface area contributed by atoms with E-state index >= 15 is 0 Å². The average molecular weight is 977 g/mol. The van der Waals surface area contributed by atoms with Crippen molar-refractivity contribution in [3.05, 3.63) is 106 Å². The third kappa shape index (κ3) is 8.29. The first-order chi connectivity index (χ1) is 34.1. The van der Waals surface area contributed by atoms with E-state index < -0.39 is 66.6 Å². The molecule has 6 aromatic rings. The van der Waals surface area contributed by atoms with Gasteiger partial charge in [-0.15, -0.1) is 0 Å². The molecular weight excluding hydrogens is 913 g/mol. The molecule has 17 nitrogen and oxygen atoms in total. The molecule has 0 unspecified atom stereocenters. The minimum Gasteiger partial charge on any atom is -0.508 e. The first kappa shape index (κ1) is 48.8. The molecular formula is C54H64N4O13. The summed E-state index contributed by atoms with van der Waals surface area (Å²) in [6.07, 6.45) is 6.35. The van der Waals surface area contributed by atoms with Crippen molar-refractivity contribution in [1.82, 2.24) is 20.2 Å². The number of ether oxygens (including phenoxy) is 1. The van der Waals surface area contributed by atoms with E-state index in [4.69, 9.17) is 18.9 Å². The van der Waals surface area contributed by atoms with E-state index in [-0.39, 0.29) is 41.1 Å². The van der Waals surface area contributed by atoms with Crippen LogP contribution >= 0.6 is 0 Å². The second-order valence-electron chi connectivity index (χ2n) is 20.4. The number of aliphatic hydroxyl groups excluding tert-OH is 4. The molecule has 9 atom stereocenters. The molecule has 2 spiro atoms. The number of aliphatic hydroxyl groups is 5. The van der Waals surface area contributed by atoms with Crippen LogP contribution in [0, 0.1) is 30.1 Å². The van der Waals surface area contributed by atoms with Crippen LogP contribution in [0.15, 0.2) is 82.3 Å². The van der Waals surface area contributed by atoms with E-state index in [0.717, 1.165) is 48.7 Å². The van der Waals surface area contributed by atoms with Gasteiger partial charge in [0.1, 0.15) is 65.2 Å². The SMILES string of the molecule is CCc1c2cc[nH]c2cn1-c1c2c(cc3c(=O)cc(C)oc13)C[C@@H](OOC[C@@](O)(Cc1ccc(O)c3ccc(O)cc13)[C@@H](O)[C@H](O)[C@H](O)CO)[C@@]1(C[C@H]([C@@H]3CNC(=O)C34CCCCC4)C=C[C@H]1CNC)O2. The van der Waals surface area contributed by atoms with Crippen LogP contribution in [0.1, 0.15) is 68.0 Å². The van der Waals surface area contributed by atoms with E-state index in [1.54, 1.807) is 13.0 Å². The predicted octanol–water partition coefficient (Wildman–Crippen LogP) is 4.65. The number of phenolic OH excluding ortho intramolecular Hbond substituents is 2. The van der Waals surface area contributed by atoms with Gasteiger partial charge >= 0.3 is 0 Å². The second-order valence-corrected chi connectivity index (χ2v) is 20.4. The van der Waals surface area contributed by atoms with Crippen LogP contribution in [-0.4, -0.2) is 120 Å². The second kappa shape index (κ2) is 19.0. The van der Waals surface area contributed by atoms with Gasteiger partial charge in [-0.3, -0.25) is 9.59 Å². The fourth-order valence-corrected chi connectivity index (χ4v) is 12.6. The predicted molar refractivity (Wildman–Crippen MR) is 263 cm³/mol. The minimum absolute atomic E-state index is 0.0708. The lowest BCUT2D eigenvalue weighted by Gasteiger charge is -2.52. The third-order valence-electron chi connectivity index (χ3n) is 16.2. The number of aromatic nitrogens is 2. The van der Waals surface area contributed by atoms with Gasteiger partial charge in [0.2, 0.25) is 5.91 Å². The summed E-state index contributed by atoms with van der Waals surface area (Å²) in [6, 6.07) is 12.4. The highest BCUT2D eigenvalue weighted by Crippen LogP contribution is 2.55. The molecule has 1 amide bonds. The van der Waals surface area contributed by atoms with Crippen molar-refractivity contribution in [2.45, 2.75) is 107 Å². The number of hydrogen-bond acceptors (Lipinski definition) is 14. The summed E-state index contributed by atoms with van der Waals surface area (Å²) in [4.78, 5) is 44.1. The lowest BCUT2D eigenvalue weighted by molar-refractivity contribution is -0.376. The molecule has 4 aliphatic rings. The molecule has 2 aliphatic carbocycles. The zero-order valence-corrected chi connectivity index (χ0v) is 40.2. The van der Waals surface area contributed by atoms with Crippen molar-refractivity contribution in [2.24, 2.45) is 23.2 Å². The smallest absolute Gasteiger partial charge is 0.226 e. The molecule has 3 aromatic carbocycles. The largest absolute Gasteiger partial charge is 0.508 e. The standard InChI is InChI=1S/C54H64N4O13/c1-4-41-36-14-17-56-40(36)26-58(41)46-48-32(19-38-43(62)18-29(2)69-49(38)46)20-45(54(70-48)23-31(8-10-33(54)24-55-3)39-25-57-51(66)52(39)15-6-5-7-16-52)71-68-28-53(67,50(65)47(64)44(63)27-59)22-30-9-13-42(61)35-12-11-34(60)21-37(30)35/h8-14,17-19,21,26,31,33,39,44-45,47,50,55-56,59-61,63-65,67H,4-7,15-16,20,22-25,27-28H2,1-3H3,(H,57,66)/t31-,33+,39+,44-,45-,47-,50+,53+,54+/m1/s1. The van der Waals surface area contributed by atoms with Crippen molar-refractivity contribution < 1.29 is 59.5 Å². The number of nitrogens with one attached hydrogen (secondary N) is 3. The number of fused-ring (bicyclic) bond motifs is 4. The first-order valence-electron chi connectivity index (χ1n) is 24.8. The van der Waals surface area contributed by atoms with Crippen LogP contribution in [0.4, 0.5) is 0 Å². The van der Waals surface area contributed by atoms with E-state index in [1.807, 2.05) is 30.1 Å². The summed E-state index contributed by atoms with van der Waals surface area (Å²) >= 11 is 0. The maximum Gasteiger partial charge on any atom is 0.226 e. The van der Waals surface area contributed by atoms with Crippen molar-refractivity contribution in [3.8, 4) is 22.9 Å². The van der Waals surface area contributed by atoms with Crippen LogP contribution in [0.25, 0.3) is 38.3 Å². The molecule has 10 N–H and O–H groups in total. The Hall–Kier alpha value is -5.76. The monoisotopic (exact) mass is 976 g/mol. The van der Waals surface area contributed by atoms with Gasteiger partial charge in [-0.2, -0.15) is 0 Å². The lowest BCUT2D eigenvalue weighted by Crippen LogP contribution is -2.62. The number of carbonyl (C=O) groups excluding carboxylic acids is 1. The Kier molecular flexibility index (Phi) is 13.1. The van der Waals surface area contributed by atoms with Crippen molar-refractivity contribution in [1.29, 1.82) is 0 Å². The zero-order chi connectivity index (χ0) is 50.0. The lowest BCUT2D eigenvalue weighted by atomic mass is 9.59. The van der Waals surface area contributed by atoms with E-state index in [2.05, 4.69) is 34.7 Å². The average Bonchev–Trinajstić information content (AvgIpc) is 4.05. The van der Waals surface area contributed by atoms with Crippen LogP contribution in [-0.2, 0) is 33.8 Å². The van der Waals surface area contributed by atoms with Gasteiger partial charge in [0.15, 0.2) is 16.8 Å². The number of H-pyrrole nitrogens is 1. The van der Waals surface area contributed by atoms with Gasteiger partial charge in [0.05, 0.1) is 22.9 Å². The number of hydrogen-bond donors (Lipinski definition) is 10. The van der Waals surface area contributed by atoms with Gasteiger partial charge in [-0.25, -0.2) is 9.78 Å². The number of aromatic amines is 1. The Morgan fingerprint density at radius 1 is 0.986 bits per heavy atom. The summed E-state index contributed by atoms with van der Waals surface area (Å²) in [6.45, 7) is 2.98. The summed E-state index contributed by atoms with van der Waals surface area (Å²) < 4.78 is 16.3. The molecule has 10 rings (SSSR count). The molecule has 378 valence electrons. The minimum atomic E-state index is -2.44. The van der Waals surface area contributed by atoms with Crippen molar-refractivity contribution >= 4 is 38.6 Å². The summed E-state index contributed by atoms with van der Waals surface area (Å²) in [5.74, 6) is 0.116. The summed E-state index contributed by atoms with van der Waals surface area (Å²) in [7, 11) is 1.85. The van der Waals surface area contributed by atoms with Gasteiger partial charge in [-0.05, 0) is 98.8 Å². The zero-order valence-electron chi connectivity index (χ0n) is 40.2. The molecule has 2 aliphatic heterocycles. The van der Waals surface area contributed by atoms with Gasteiger partial charge < -0.3 is 65.1 Å². The van der Waals surface area contributed by atoms with Gasteiger partial charge in [0, 0.05) is 72.3 Å². The Morgan fingerprint density at radius 3 is 2.55 bits per heavy atom. The summed E-state index contributed by atoms with van der Waals surface area (Å²) in [5, 5.41) is 85.5. The Balaban J connectivity index is 1.11. The fraction of sp³-hybridized carbons (Fsp3) is 0.481. The molecule has 5 heterocycles. The molecule has 0 bridgehead atoms. The Morgan fingerprint density at radius 2 is 1.79 bits per heavy atom. The quantitative estimate of drug-likeness (QED) is 0.0382. The van der Waals surface area contributed by atoms with Gasteiger partial charge in [0.25, 0.3) is 0 Å². The first-order valence-corrected chi connectivity index (χ1v) is 24.8. The molecule has 1 saturated carbocycles. The maximum atomic E-state index is 14.0. The summed E-state index contributed by atoms with van der Waals surface area (Å²) in [5.41, 5.74) is -0.814. The van der Waals surface area contributed by atoms with Crippen LogP contribution < -0.4 is 20.8 Å². The molecule has 0 radical (unpaired) electrons. The molecule has 2 fully saturated rings. The Bertz CT molecular complexity index is 3060. The normalized spacial score (nSPS) is 25.1. The van der Waals surface area contributed by atoms with E-state index in [1.165, 1.54) is 36.4 Å². The number of benzene rings is 3. The number of aromatic hydroxyl groups is 2. The third-order valence-corrected chi connectivity index (χ3v) is 16.2. The van der Waals surface area contributed by atoms with E-state index in [9.17, 15) is 45.3 Å². The highest BCUT2D eigenvalue weighted by Gasteiger charge is 2.60. The van der Waals surface area contributed by atoms with Crippen molar-refractivity contribution in [3.63, 3.8) is 0 Å². The Labute approximate surface area is 409 Å². The van der Waals surface area contributed by atoms with Crippen molar-refractivity contribution in [2.75, 3.05) is 33.4 Å². The number of nitrogens with zero attached hydrogens (tertiary/aromatic N) is 1. The number of carbonyl (C=O) groups is 1. The van der Waals surface area contributed by atoms with Crippen LogP contribution in [0.3, 0.4) is 0 Å². The van der Waals surface area contributed by atoms with Gasteiger partial charge in [-0.1, -0.05) is 44.4 Å². The van der Waals surface area contributed by atoms with E-state index in [0.29, 0.717) is 76.0 Å². The maximum absolute atomic E-state index is 14.0. The number of rotatable bonds is 15. The number of amides is 1. The van der Waals surface area contributed by atoms with Crippen LogP contribution in [0.2, 0.25) is 0 Å². The fourth-order valence-electron chi connectivity index (χ4n) is 12.6. The molecule has 1 saturated heterocycles. The molecule has 3 aromatic heterocycles. The number of phenols is 2. The highest BCUT2D eigenvalue weighted by atomic mass is 17.2. The number of allylic oxidation sites excluding steroid dienone is 1. The molecule has 71 heavy (non-hydrogen) atoms.